The summed E-state index contributed by atoms with van der Waals surface area (Å²) in [7, 11) is 7.59. The van der Waals surface area contributed by atoms with Gasteiger partial charge in [-0.3, -0.25) is 19.7 Å². The maximum Gasteiger partial charge on any atom is 0.411 e. The van der Waals surface area contributed by atoms with Crippen LogP contribution in [0.2, 0.25) is 0 Å². The molecule has 0 fully saturated rings. The lowest BCUT2D eigenvalue weighted by Crippen LogP contribution is -2.32. The van der Waals surface area contributed by atoms with E-state index >= 15 is 0 Å². The van der Waals surface area contributed by atoms with E-state index in [1.54, 1.807) is 29.8 Å². The fourth-order valence-corrected chi connectivity index (χ4v) is 6.51. The number of likely N-dealkylation sites (N-methyl/N-ethyl adjacent to an activating group) is 1. The van der Waals surface area contributed by atoms with E-state index in [0.29, 0.717) is 34.9 Å². The number of anilines is 4. The molecule has 0 aliphatic carbocycles. The molecular weight excluding hydrogens is 725 g/mol. The van der Waals surface area contributed by atoms with Crippen molar-refractivity contribution >= 4 is 68.4 Å². The molecule has 0 aliphatic heterocycles. The van der Waals surface area contributed by atoms with Crippen LogP contribution >= 0.6 is 0 Å². The van der Waals surface area contributed by atoms with Crippen molar-refractivity contribution in [3.05, 3.63) is 103 Å². The Kier molecular flexibility index (Phi) is 12.9. The third-order valence-corrected chi connectivity index (χ3v) is 9.22. The second kappa shape index (κ2) is 18.3. The molecule has 0 atom stereocenters. The lowest BCUT2D eigenvalue weighted by Gasteiger charge is -2.16. The van der Waals surface area contributed by atoms with Crippen molar-refractivity contribution < 1.29 is 28.7 Å². The molecular formula is C43H48N8O6. The van der Waals surface area contributed by atoms with E-state index in [2.05, 4.69) is 21.3 Å². The molecule has 296 valence electrons. The lowest BCUT2D eigenvalue weighted by molar-refractivity contribution is -0.145. The van der Waals surface area contributed by atoms with Gasteiger partial charge in [-0.2, -0.15) is 0 Å². The Hall–Kier alpha value is -6.67. The highest BCUT2D eigenvalue weighted by atomic mass is 16.5. The van der Waals surface area contributed by atoms with Crippen molar-refractivity contribution in [2.75, 3.05) is 49.7 Å². The van der Waals surface area contributed by atoms with Crippen molar-refractivity contribution in [1.82, 2.24) is 24.3 Å². The van der Waals surface area contributed by atoms with Crippen molar-refractivity contribution in [1.29, 1.82) is 0 Å². The third-order valence-electron chi connectivity index (χ3n) is 9.22. The largest absolute Gasteiger partial charge is 0.461 e. The summed E-state index contributed by atoms with van der Waals surface area (Å²) in [5, 5.41) is 14.0. The van der Waals surface area contributed by atoms with Gasteiger partial charge in [0.05, 0.1) is 34.7 Å². The number of hydrogen-bond donors (Lipinski definition) is 4. The Balaban J connectivity index is 1.05. The summed E-state index contributed by atoms with van der Waals surface area (Å²) < 4.78 is 14.4. The van der Waals surface area contributed by atoms with Crippen LogP contribution in [0.1, 0.15) is 42.2 Å². The average Bonchev–Trinajstić information content (AvgIpc) is 3.74. The Morgan fingerprint density at radius 2 is 1.47 bits per heavy atom. The van der Waals surface area contributed by atoms with Gasteiger partial charge in [-0.1, -0.05) is 36.4 Å². The minimum absolute atomic E-state index is 0.0394. The van der Waals surface area contributed by atoms with E-state index in [1.165, 1.54) is 0 Å². The van der Waals surface area contributed by atoms with Crippen LogP contribution in [-0.2, 0) is 39.8 Å². The average molecular weight is 773 g/mol. The topological polar surface area (TPSA) is 161 Å². The molecule has 0 saturated heterocycles. The number of fused-ring (bicyclic) bond motifs is 2. The van der Waals surface area contributed by atoms with Gasteiger partial charge in [0.1, 0.15) is 12.3 Å². The van der Waals surface area contributed by atoms with Crippen LogP contribution in [0.15, 0.2) is 91.3 Å². The molecule has 6 rings (SSSR count). The lowest BCUT2D eigenvalue weighted by atomic mass is 10.1. The minimum Gasteiger partial charge on any atom is -0.461 e. The normalized spacial score (nSPS) is 11.1. The van der Waals surface area contributed by atoms with Crippen LogP contribution in [0, 0.1) is 0 Å². The molecule has 0 bridgehead atoms. The second-order valence-corrected chi connectivity index (χ2v) is 14.0. The first-order valence-corrected chi connectivity index (χ1v) is 18.8. The van der Waals surface area contributed by atoms with Crippen LogP contribution in [0.3, 0.4) is 0 Å². The summed E-state index contributed by atoms with van der Waals surface area (Å²) in [4.78, 5) is 57.6. The molecule has 0 radical (unpaired) electrons. The van der Waals surface area contributed by atoms with Crippen molar-refractivity contribution in [3.63, 3.8) is 0 Å². The summed E-state index contributed by atoms with van der Waals surface area (Å²) in [6.07, 6.45) is 3.52. The van der Waals surface area contributed by atoms with Gasteiger partial charge in [0.2, 0.25) is 5.91 Å². The number of carbonyl (C=O) groups excluding carboxylic acids is 4. The van der Waals surface area contributed by atoms with E-state index in [9.17, 15) is 19.2 Å². The quantitative estimate of drug-likeness (QED) is 0.0590. The minimum atomic E-state index is -0.604. The number of aromatic nitrogens is 3. The zero-order valence-corrected chi connectivity index (χ0v) is 32.8. The smallest absolute Gasteiger partial charge is 0.411 e. The number of benzene rings is 3. The highest BCUT2D eigenvalue weighted by Gasteiger charge is 2.17. The van der Waals surface area contributed by atoms with Crippen LogP contribution in [0.25, 0.3) is 33.1 Å². The van der Waals surface area contributed by atoms with Gasteiger partial charge >= 0.3 is 12.1 Å². The number of pyridine rings is 1. The fraction of sp³-hybridized carbons (Fsp3) is 0.279. The number of rotatable bonds is 16. The zero-order chi connectivity index (χ0) is 40.5. The molecule has 0 saturated carbocycles. The van der Waals surface area contributed by atoms with E-state index in [4.69, 9.17) is 14.5 Å². The Labute approximate surface area is 331 Å². The van der Waals surface area contributed by atoms with Crippen LogP contribution < -0.4 is 21.3 Å². The molecule has 14 heteroatoms. The van der Waals surface area contributed by atoms with Crippen LogP contribution in [-0.4, -0.2) is 76.7 Å². The van der Waals surface area contributed by atoms with Crippen LogP contribution in [0.4, 0.5) is 27.5 Å². The van der Waals surface area contributed by atoms with Gasteiger partial charge in [0, 0.05) is 80.1 Å². The monoisotopic (exact) mass is 772 g/mol. The van der Waals surface area contributed by atoms with Gasteiger partial charge in [-0.05, 0) is 75.5 Å². The summed E-state index contributed by atoms with van der Waals surface area (Å²) in [6.45, 7) is 3.15. The molecule has 14 nitrogen and oxygen atoms in total. The summed E-state index contributed by atoms with van der Waals surface area (Å²) in [6, 6.07) is 24.7. The number of nitrogens with zero attached hydrogens (tertiary/aromatic N) is 4. The number of esters is 1. The molecule has 3 aromatic carbocycles. The SMILES string of the molecule is CCOC(=O)Nc1cc(COC(=O)CCCC(=O)Nc2cc(-c3cc(C(=O)NCCN(C)C)n(C)c3)n(C)c2)cc(Nc2c3ccccc3nc3ccccc23)c1. The van der Waals surface area contributed by atoms with E-state index in [1.807, 2.05) is 111 Å². The number of ether oxygens (including phenoxy) is 2. The molecule has 3 heterocycles. The van der Waals surface area contributed by atoms with E-state index < -0.39 is 12.1 Å². The first-order chi connectivity index (χ1) is 27.5. The Morgan fingerprint density at radius 3 is 2.18 bits per heavy atom. The van der Waals surface area contributed by atoms with Crippen molar-refractivity contribution in [2.45, 2.75) is 32.8 Å². The van der Waals surface area contributed by atoms with E-state index in [0.717, 1.165) is 45.3 Å². The maximum absolute atomic E-state index is 12.9. The number of aryl methyl sites for hydroxylation is 2. The summed E-state index contributed by atoms with van der Waals surface area (Å²) in [5.41, 5.74) is 7.07. The Morgan fingerprint density at radius 1 is 0.772 bits per heavy atom. The highest BCUT2D eigenvalue weighted by Crippen LogP contribution is 2.34. The number of nitrogens with one attached hydrogen (secondary N) is 4. The molecule has 0 aliphatic rings. The standard InChI is InChI=1S/C43H48N8O6/c1-6-56-43(55)47-31-21-28(20-30(23-31)46-41-33-12-7-9-14-35(33)48-36-15-10-8-13-34(36)41)27-57-40(53)17-11-16-39(52)45-32-24-37(51(5)26-32)29-22-38(50(4)25-29)42(54)44-18-19-49(2)3/h7-10,12-15,20-26H,6,11,16-19,27H2,1-5H3,(H,44,54)(H,45,52)(H,46,48)(H,47,55). The summed E-state index contributed by atoms with van der Waals surface area (Å²) >= 11 is 0. The number of para-hydroxylation sites is 2. The van der Waals surface area contributed by atoms with Gasteiger partial charge in [0.25, 0.3) is 5.91 Å². The van der Waals surface area contributed by atoms with E-state index in [-0.39, 0.29) is 44.3 Å². The zero-order valence-electron chi connectivity index (χ0n) is 32.8. The first kappa shape index (κ1) is 40.0. The molecule has 0 unspecified atom stereocenters. The number of hydrogen-bond acceptors (Lipinski definition) is 9. The second-order valence-electron chi connectivity index (χ2n) is 14.0. The molecule has 0 spiro atoms. The maximum atomic E-state index is 12.9. The molecule has 3 aromatic heterocycles. The predicted molar refractivity (Wildman–Crippen MR) is 223 cm³/mol. The van der Waals surface area contributed by atoms with Gasteiger partial charge in [-0.15, -0.1) is 0 Å². The number of carbonyl (C=O) groups is 4. The predicted octanol–water partition coefficient (Wildman–Crippen LogP) is 7.19. The molecule has 3 amide bonds. The van der Waals surface area contributed by atoms with Gasteiger partial charge in [0.15, 0.2) is 0 Å². The summed E-state index contributed by atoms with van der Waals surface area (Å²) in [5.74, 6) is -0.852. The molecule has 6 aromatic rings. The third kappa shape index (κ3) is 10.3. The van der Waals surface area contributed by atoms with Gasteiger partial charge in [-0.25, -0.2) is 9.78 Å². The number of amides is 3. The Bertz CT molecular complexity index is 2360. The first-order valence-electron chi connectivity index (χ1n) is 18.8. The highest BCUT2D eigenvalue weighted by molar-refractivity contribution is 6.08. The van der Waals surface area contributed by atoms with Gasteiger partial charge < -0.3 is 39.5 Å². The van der Waals surface area contributed by atoms with Crippen molar-refractivity contribution in [2.24, 2.45) is 14.1 Å². The molecule has 57 heavy (non-hydrogen) atoms. The van der Waals surface area contributed by atoms with Crippen LogP contribution in [0.5, 0.6) is 0 Å². The fourth-order valence-electron chi connectivity index (χ4n) is 6.51. The molecule has 4 N–H and O–H groups in total. The van der Waals surface area contributed by atoms with Crippen molar-refractivity contribution in [3.8, 4) is 11.3 Å².